The molecular weight excluding hydrogens is 387 g/mol. The van der Waals surface area contributed by atoms with Gasteiger partial charge in [-0.15, -0.1) is 0 Å². The van der Waals surface area contributed by atoms with Crippen LogP contribution < -0.4 is 10.5 Å². The lowest BCUT2D eigenvalue weighted by molar-refractivity contribution is -0.386. The van der Waals surface area contributed by atoms with Gasteiger partial charge in [0, 0.05) is 17.8 Å². The van der Waals surface area contributed by atoms with E-state index < -0.39 is 4.92 Å². The highest BCUT2D eigenvalue weighted by atomic mass is 127. The van der Waals surface area contributed by atoms with Crippen molar-refractivity contribution in [2.45, 2.75) is 6.61 Å². The van der Waals surface area contributed by atoms with Crippen molar-refractivity contribution >= 4 is 34.1 Å². The van der Waals surface area contributed by atoms with Crippen LogP contribution in [0.5, 0.6) is 5.75 Å². The van der Waals surface area contributed by atoms with Crippen molar-refractivity contribution in [1.82, 2.24) is 4.98 Å². The van der Waals surface area contributed by atoms with Crippen LogP contribution in [-0.4, -0.2) is 9.91 Å². The molecule has 1 heterocycles. The number of nitrogens with two attached hydrogens (primary N) is 1. The normalized spacial score (nSPS) is 9.90. The number of nitrogens with zero attached hydrogens (tertiary/aromatic N) is 3. The van der Waals surface area contributed by atoms with Crippen molar-refractivity contribution in [3.63, 3.8) is 0 Å². The lowest BCUT2D eigenvalue weighted by Gasteiger charge is -2.10. The number of hydrogen-bond acceptors (Lipinski definition) is 6. The predicted octanol–water partition coefficient (Wildman–Crippen LogP) is 2.63. The SMILES string of the molecule is N#Cc1cc(I)c(OCc2cccnc2N)c([N+](=O)[O-])c1. The van der Waals surface area contributed by atoms with Gasteiger partial charge in [-0.05, 0) is 34.7 Å². The van der Waals surface area contributed by atoms with Gasteiger partial charge >= 0.3 is 5.69 Å². The Balaban J connectivity index is 2.34. The van der Waals surface area contributed by atoms with Crippen LogP contribution in [0.4, 0.5) is 11.5 Å². The first kappa shape index (κ1) is 15.0. The van der Waals surface area contributed by atoms with Crippen LogP contribution in [0.15, 0.2) is 30.5 Å². The zero-order valence-electron chi connectivity index (χ0n) is 10.6. The van der Waals surface area contributed by atoms with Crippen LogP contribution in [-0.2, 0) is 6.61 Å². The molecule has 0 saturated carbocycles. The molecule has 7 nitrogen and oxygen atoms in total. The van der Waals surface area contributed by atoms with Crippen molar-refractivity contribution in [2.24, 2.45) is 0 Å². The number of nitrogen functional groups attached to an aromatic ring is 1. The van der Waals surface area contributed by atoms with Crippen LogP contribution in [0.3, 0.4) is 0 Å². The standard InChI is InChI=1S/C13H9IN4O3/c14-10-4-8(6-15)5-11(18(19)20)12(10)21-7-9-2-1-3-17-13(9)16/h1-5H,7H2,(H2,16,17). The molecule has 0 radical (unpaired) electrons. The van der Waals surface area contributed by atoms with Crippen molar-refractivity contribution in [2.75, 3.05) is 5.73 Å². The predicted molar refractivity (Wildman–Crippen MR) is 83.5 cm³/mol. The summed E-state index contributed by atoms with van der Waals surface area (Å²) in [5.41, 5.74) is 6.29. The molecule has 2 N–H and O–H groups in total. The Kier molecular flexibility index (Phi) is 4.54. The van der Waals surface area contributed by atoms with Gasteiger partial charge in [0.05, 0.1) is 20.1 Å². The van der Waals surface area contributed by atoms with Gasteiger partial charge in [-0.3, -0.25) is 10.1 Å². The minimum absolute atomic E-state index is 0.0580. The molecule has 0 atom stereocenters. The summed E-state index contributed by atoms with van der Waals surface area (Å²) >= 11 is 1.89. The lowest BCUT2D eigenvalue weighted by atomic mass is 10.2. The van der Waals surface area contributed by atoms with Gasteiger partial charge in [0.15, 0.2) is 0 Å². The third kappa shape index (κ3) is 3.38. The highest BCUT2D eigenvalue weighted by Crippen LogP contribution is 2.34. The molecule has 2 rings (SSSR count). The molecule has 8 heteroatoms. The summed E-state index contributed by atoms with van der Waals surface area (Å²) in [6.07, 6.45) is 1.55. The smallest absolute Gasteiger partial charge is 0.313 e. The van der Waals surface area contributed by atoms with E-state index in [0.29, 0.717) is 15.0 Å². The average Bonchev–Trinajstić information content (AvgIpc) is 2.46. The van der Waals surface area contributed by atoms with Gasteiger partial charge < -0.3 is 10.5 Å². The number of ether oxygens (including phenoxy) is 1. The van der Waals surface area contributed by atoms with E-state index in [1.54, 1.807) is 18.3 Å². The number of rotatable bonds is 4. The molecule has 21 heavy (non-hydrogen) atoms. The molecule has 0 fully saturated rings. The fraction of sp³-hybridized carbons (Fsp3) is 0.0769. The number of nitro groups is 1. The Labute approximate surface area is 133 Å². The fourth-order valence-electron chi connectivity index (χ4n) is 1.64. The molecule has 106 valence electrons. The summed E-state index contributed by atoms with van der Waals surface area (Å²) in [7, 11) is 0. The third-order valence-corrected chi connectivity index (χ3v) is 3.45. The average molecular weight is 396 g/mol. The minimum Gasteiger partial charge on any atom is -0.481 e. The first-order chi connectivity index (χ1) is 10.0. The lowest BCUT2D eigenvalue weighted by Crippen LogP contribution is -2.04. The van der Waals surface area contributed by atoms with E-state index in [1.165, 1.54) is 12.1 Å². The Hall–Kier alpha value is -2.41. The molecule has 0 bridgehead atoms. The molecule has 2 aromatic rings. The van der Waals surface area contributed by atoms with E-state index in [1.807, 2.05) is 28.7 Å². The largest absolute Gasteiger partial charge is 0.481 e. The Morgan fingerprint density at radius 3 is 2.90 bits per heavy atom. The van der Waals surface area contributed by atoms with Gasteiger partial charge in [-0.1, -0.05) is 6.07 Å². The Morgan fingerprint density at radius 1 is 1.52 bits per heavy atom. The van der Waals surface area contributed by atoms with E-state index in [0.717, 1.165) is 0 Å². The Morgan fingerprint density at radius 2 is 2.29 bits per heavy atom. The molecular formula is C13H9IN4O3. The van der Waals surface area contributed by atoms with Crippen LogP contribution in [0, 0.1) is 25.0 Å². The monoisotopic (exact) mass is 396 g/mol. The van der Waals surface area contributed by atoms with Gasteiger partial charge in [-0.2, -0.15) is 5.26 Å². The van der Waals surface area contributed by atoms with E-state index in [2.05, 4.69) is 4.98 Å². The first-order valence-electron chi connectivity index (χ1n) is 5.73. The number of aromatic nitrogens is 1. The van der Waals surface area contributed by atoms with Gasteiger partial charge in [0.1, 0.15) is 12.4 Å². The molecule has 0 unspecified atom stereocenters. The number of nitriles is 1. The zero-order valence-corrected chi connectivity index (χ0v) is 12.8. The number of halogens is 1. The van der Waals surface area contributed by atoms with Crippen LogP contribution in [0.2, 0.25) is 0 Å². The van der Waals surface area contributed by atoms with E-state index in [4.69, 9.17) is 15.7 Å². The summed E-state index contributed by atoms with van der Waals surface area (Å²) in [5, 5.41) is 20.0. The molecule has 0 saturated heterocycles. The number of benzene rings is 1. The number of pyridine rings is 1. The summed E-state index contributed by atoms with van der Waals surface area (Å²) in [4.78, 5) is 14.4. The summed E-state index contributed by atoms with van der Waals surface area (Å²) < 4.78 is 6.00. The van der Waals surface area contributed by atoms with E-state index in [9.17, 15) is 10.1 Å². The van der Waals surface area contributed by atoms with E-state index >= 15 is 0 Å². The van der Waals surface area contributed by atoms with Gasteiger partial charge in [-0.25, -0.2) is 4.98 Å². The summed E-state index contributed by atoms with van der Waals surface area (Å²) in [6.45, 7) is 0.0580. The number of nitro benzene ring substituents is 1. The highest BCUT2D eigenvalue weighted by molar-refractivity contribution is 14.1. The summed E-state index contributed by atoms with van der Waals surface area (Å²) in [6, 6.07) is 8.01. The second-order valence-electron chi connectivity index (χ2n) is 4.01. The van der Waals surface area contributed by atoms with Crippen molar-refractivity contribution in [1.29, 1.82) is 5.26 Å². The Bertz CT molecular complexity index is 743. The maximum absolute atomic E-state index is 11.1. The van der Waals surface area contributed by atoms with Gasteiger partial charge in [0.2, 0.25) is 5.75 Å². The first-order valence-corrected chi connectivity index (χ1v) is 6.81. The van der Waals surface area contributed by atoms with Crippen molar-refractivity contribution in [3.8, 4) is 11.8 Å². The quantitative estimate of drug-likeness (QED) is 0.483. The van der Waals surface area contributed by atoms with Crippen molar-refractivity contribution in [3.05, 3.63) is 55.3 Å². The van der Waals surface area contributed by atoms with Crippen LogP contribution in [0.1, 0.15) is 11.1 Å². The molecule has 1 aromatic carbocycles. The fourth-order valence-corrected chi connectivity index (χ4v) is 2.41. The van der Waals surface area contributed by atoms with Crippen LogP contribution in [0.25, 0.3) is 0 Å². The highest BCUT2D eigenvalue weighted by Gasteiger charge is 2.20. The molecule has 0 aliphatic rings. The molecule has 0 amide bonds. The van der Waals surface area contributed by atoms with Crippen molar-refractivity contribution < 1.29 is 9.66 Å². The van der Waals surface area contributed by atoms with E-state index in [-0.39, 0.29) is 23.6 Å². The summed E-state index contributed by atoms with van der Waals surface area (Å²) in [5.74, 6) is 0.423. The maximum atomic E-state index is 11.1. The molecule has 0 spiro atoms. The van der Waals surface area contributed by atoms with Crippen LogP contribution >= 0.6 is 22.6 Å². The molecule has 1 aromatic heterocycles. The zero-order chi connectivity index (χ0) is 15.4. The second-order valence-corrected chi connectivity index (χ2v) is 5.17. The third-order valence-electron chi connectivity index (χ3n) is 2.65. The molecule has 0 aliphatic carbocycles. The molecule has 0 aliphatic heterocycles. The topological polar surface area (TPSA) is 115 Å². The number of anilines is 1. The minimum atomic E-state index is -0.578. The maximum Gasteiger partial charge on any atom is 0.313 e. The number of hydrogen-bond donors (Lipinski definition) is 1. The second kappa shape index (κ2) is 6.36. The van der Waals surface area contributed by atoms with Gasteiger partial charge in [0.25, 0.3) is 0 Å².